The summed E-state index contributed by atoms with van der Waals surface area (Å²) in [5.41, 5.74) is 5.71. The molecule has 1 unspecified atom stereocenters. The molecule has 4 heteroatoms. The van der Waals surface area contributed by atoms with Crippen LogP contribution in [0.1, 0.15) is 58.8 Å². The molecule has 1 fully saturated rings. The number of nitrogens with zero attached hydrogens (tertiary/aromatic N) is 1. The standard InChI is InChI=1S/C14H28N2O.ClH/c1-3-9-16(14(17)10-12(2)15)11-13-7-5-4-6-8-13;/h12-13H,3-11,15H2,1-2H3;1H. The molecule has 1 aliphatic rings. The Morgan fingerprint density at radius 2 is 1.94 bits per heavy atom. The minimum Gasteiger partial charge on any atom is -0.342 e. The van der Waals surface area contributed by atoms with E-state index in [0.717, 1.165) is 25.4 Å². The molecular formula is C14H29ClN2O. The third-order valence-electron chi connectivity index (χ3n) is 3.55. The highest BCUT2D eigenvalue weighted by molar-refractivity contribution is 5.85. The van der Waals surface area contributed by atoms with Crippen molar-refractivity contribution in [2.45, 2.75) is 64.8 Å². The van der Waals surface area contributed by atoms with Crippen LogP contribution in [0.25, 0.3) is 0 Å². The zero-order chi connectivity index (χ0) is 12.7. The van der Waals surface area contributed by atoms with Gasteiger partial charge in [-0.25, -0.2) is 0 Å². The number of rotatable bonds is 6. The molecule has 1 saturated carbocycles. The Balaban J connectivity index is 0.00000289. The van der Waals surface area contributed by atoms with E-state index in [1.54, 1.807) is 0 Å². The first-order valence-corrected chi connectivity index (χ1v) is 7.16. The normalized spacial score (nSPS) is 17.9. The summed E-state index contributed by atoms with van der Waals surface area (Å²) in [5, 5.41) is 0. The van der Waals surface area contributed by atoms with Gasteiger partial charge in [-0.15, -0.1) is 12.4 Å². The highest BCUT2D eigenvalue weighted by atomic mass is 35.5. The van der Waals surface area contributed by atoms with E-state index < -0.39 is 0 Å². The molecule has 1 rings (SSSR count). The maximum Gasteiger partial charge on any atom is 0.224 e. The Morgan fingerprint density at radius 3 is 2.44 bits per heavy atom. The average Bonchev–Trinajstić information content (AvgIpc) is 2.29. The Hall–Kier alpha value is -0.280. The van der Waals surface area contributed by atoms with Crippen molar-refractivity contribution in [3.63, 3.8) is 0 Å². The lowest BCUT2D eigenvalue weighted by Gasteiger charge is -2.30. The van der Waals surface area contributed by atoms with Gasteiger partial charge in [-0.2, -0.15) is 0 Å². The van der Waals surface area contributed by atoms with E-state index in [9.17, 15) is 4.79 Å². The van der Waals surface area contributed by atoms with Crippen LogP contribution in [0.4, 0.5) is 0 Å². The van der Waals surface area contributed by atoms with Crippen molar-refractivity contribution < 1.29 is 4.79 Å². The van der Waals surface area contributed by atoms with Crippen molar-refractivity contribution in [1.29, 1.82) is 0 Å². The van der Waals surface area contributed by atoms with Crippen LogP contribution in [-0.4, -0.2) is 29.9 Å². The smallest absolute Gasteiger partial charge is 0.224 e. The summed E-state index contributed by atoms with van der Waals surface area (Å²) >= 11 is 0. The van der Waals surface area contributed by atoms with Gasteiger partial charge in [0.2, 0.25) is 5.91 Å². The summed E-state index contributed by atoms with van der Waals surface area (Å²) in [6, 6.07) is -0.0202. The van der Waals surface area contributed by atoms with Gasteiger partial charge in [0.25, 0.3) is 0 Å². The van der Waals surface area contributed by atoms with Gasteiger partial charge in [0.15, 0.2) is 0 Å². The van der Waals surface area contributed by atoms with Crippen LogP contribution in [0.3, 0.4) is 0 Å². The first kappa shape index (κ1) is 17.7. The topological polar surface area (TPSA) is 46.3 Å². The van der Waals surface area contributed by atoms with E-state index >= 15 is 0 Å². The van der Waals surface area contributed by atoms with E-state index in [1.165, 1.54) is 32.1 Å². The quantitative estimate of drug-likeness (QED) is 0.811. The van der Waals surface area contributed by atoms with Gasteiger partial charge in [0, 0.05) is 25.6 Å². The molecule has 108 valence electrons. The first-order chi connectivity index (χ1) is 8.13. The van der Waals surface area contributed by atoms with Gasteiger partial charge in [0.05, 0.1) is 0 Å². The predicted octanol–water partition coefficient (Wildman–Crippen LogP) is 2.96. The Kier molecular flexibility index (Phi) is 9.47. The second kappa shape index (κ2) is 9.62. The molecule has 0 aliphatic heterocycles. The van der Waals surface area contributed by atoms with Crippen molar-refractivity contribution in [3.8, 4) is 0 Å². The maximum atomic E-state index is 12.1. The fourth-order valence-corrected chi connectivity index (χ4v) is 2.67. The van der Waals surface area contributed by atoms with Crippen molar-refractivity contribution >= 4 is 18.3 Å². The molecule has 1 atom stereocenters. The number of carbonyl (C=O) groups excluding carboxylic acids is 1. The van der Waals surface area contributed by atoms with Gasteiger partial charge in [-0.1, -0.05) is 26.2 Å². The molecule has 0 aromatic rings. The van der Waals surface area contributed by atoms with Gasteiger partial charge < -0.3 is 10.6 Å². The second-order valence-electron chi connectivity index (χ2n) is 5.53. The fourth-order valence-electron chi connectivity index (χ4n) is 2.67. The number of halogens is 1. The number of hydrogen-bond donors (Lipinski definition) is 1. The molecule has 1 aliphatic carbocycles. The van der Waals surface area contributed by atoms with Crippen LogP contribution < -0.4 is 5.73 Å². The monoisotopic (exact) mass is 276 g/mol. The number of amides is 1. The summed E-state index contributed by atoms with van der Waals surface area (Å²) in [5.74, 6) is 0.972. The van der Waals surface area contributed by atoms with Crippen molar-refractivity contribution in [1.82, 2.24) is 4.90 Å². The summed E-state index contributed by atoms with van der Waals surface area (Å²) in [6.07, 6.45) is 8.18. The maximum absolute atomic E-state index is 12.1. The minimum absolute atomic E-state index is 0. The third kappa shape index (κ3) is 6.60. The van der Waals surface area contributed by atoms with Crippen LogP contribution >= 0.6 is 12.4 Å². The summed E-state index contributed by atoms with van der Waals surface area (Å²) < 4.78 is 0. The van der Waals surface area contributed by atoms with Crippen LogP contribution in [0.15, 0.2) is 0 Å². The van der Waals surface area contributed by atoms with Gasteiger partial charge in [-0.3, -0.25) is 4.79 Å². The fraction of sp³-hybridized carbons (Fsp3) is 0.929. The molecule has 0 radical (unpaired) electrons. The minimum atomic E-state index is -0.0202. The highest BCUT2D eigenvalue weighted by Gasteiger charge is 2.20. The molecule has 0 heterocycles. The highest BCUT2D eigenvalue weighted by Crippen LogP contribution is 2.24. The van der Waals surface area contributed by atoms with E-state index in [4.69, 9.17) is 5.73 Å². The molecule has 0 saturated heterocycles. The van der Waals surface area contributed by atoms with E-state index in [2.05, 4.69) is 6.92 Å². The molecular weight excluding hydrogens is 248 g/mol. The zero-order valence-electron chi connectivity index (χ0n) is 11.9. The molecule has 0 aromatic carbocycles. The SMILES string of the molecule is CCCN(CC1CCCCC1)C(=O)CC(C)N.Cl. The summed E-state index contributed by atoms with van der Waals surface area (Å²) in [6.45, 7) is 5.89. The van der Waals surface area contributed by atoms with E-state index in [0.29, 0.717) is 6.42 Å². The lowest BCUT2D eigenvalue weighted by Crippen LogP contribution is -2.39. The number of nitrogens with two attached hydrogens (primary N) is 1. The third-order valence-corrected chi connectivity index (χ3v) is 3.55. The molecule has 0 spiro atoms. The van der Waals surface area contributed by atoms with Gasteiger partial charge in [-0.05, 0) is 32.1 Å². The van der Waals surface area contributed by atoms with Crippen LogP contribution in [-0.2, 0) is 4.79 Å². The summed E-state index contributed by atoms with van der Waals surface area (Å²) in [7, 11) is 0. The lowest BCUT2D eigenvalue weighted by atomic mass is 9.89. The van der Waals surface area contributed by atoms with Crippen molar-refractivity contribution in [2.24, 2.45) is 11.7 Å². The van der Waals surface area contributed by atoms with Crippen molar-refractivity contribution in [2.75, 3.05) is 13.1 Å². The van der Waals surface area contributed by atoms with E-state index in [1.807, 2.05) is 11.8 Å². The zero-order valence-corrected chi connectivity index (χ0v) is 12.7. The Bertz CT molecular complexity index is 228. The molecule has 18 heavy (non-hydrogen) atoms. The Morgan fingerprint density at radius 1 is 1.33 bits per heavy atom. The van der Waals surface area contributed by atoms with Gasteiger partial charge in [0.1, 0.15) is 0 Å². The van der Waals surface area contributed by atoms with Crippen LogP contribution in [0.2, 0.25) is 0 Å². The molecule has 1 amide bonds. The van der Waals surface area contributed by atoms with Crippen LogP contribution in [0.5, 0.6) is 0 Å². The van der Waals surface area contributed by atoms with E-state index in [-0.39, 0.29) is 24.4 Å². The number of hydrogen-bond acceptors (Lipinski definition) is 2. The summed E-state index contributed by atoms with van der Waals surface area (Å²) in [4.78, 5) is 14.1. The largest absolute Gasteiger partial charge is 0.342 e. The first-order valence-electron chi connectivity index (χ1n) is 7.16. The van der Waals surface area contributed by atoms with Gasteiger partial charge >= 0.3 is 0 Å². The average molecular weight is 277 g/mol. The van der Waals surface area contributed by atoms with Crippen molar-refractivity contribution in [3.05, 3.63) is 0 Å². The van der Waals surface area contributed by atoms with Crippen LogP contribution in [0, 0.1) is 5.92 Å². The second-order valence-corrected chi connectivity index (χ2v) is 5.53. The molecule has 2 N–H and O–H groups in total. The number of carbonyl (C=O) groups is 1. The molecule has 0 bridgehead atoms. The predicted molar refractivity (Wildman–Crippen MR) is 79.0 cm³/mol. The lowest BCUT2D eigenvalue weighted by molar-refractivity contribution is -0.132. The molecule has 3 nitrogen and oxygen atoms in total. The Labute approximate surface area is 118 Å². The molecule has 0 aromatic heterocycles.